The SMILES string of the molecule is CC(NC(=O)CN1CCN(c2cccc(Cl)c2)CC1)c1ccc(Cl)cc1. The number of hydrogen-bond acceptors (Lipinski definition) is 3. The first-order valence-electron chi connectivity index (χ1n) is 8.79. The first kappa shape index (κ1) is 19.0. The van der Waals surface area contributed by atoms with Crippen molar-refractivity contribution in [2.24, 2.45) is 0 Å². The molecular weight excluding hydrogens is 369 g/mol. The lowest BCUT2D eigenvalue weighted by Crippen LogP contribution is -2.49. The van der Waals surface area contributed by atoms with E-state index in [0.29, 0.717) is 11.6 Å². The molecule has 1 amide bonds. The number of nitrogens with zero attached hydrogens (tertiary/aromatic N) is 2. The van der Waals surface area contributed by atoms with E-state index in [-0.39, 0.29) is 11.9 Å². The van der Waals surface area contributed by atoms with Gasteiger partial charge in [0.2, 0.25) is 5.91 Å². The molecule has 1 saturated heterocycles. The summed E-state index contributed by atoms with van der Waals surface area (Å²) in [4.78, 5) is 16.8. The van der Waals surface area contributed by atoms with E-state index in [0.717, 1.165) is 42.5 Å². The number of piperazine rings is 1. The summed E-state index contributed by atoms with van der Waals surface area (Å²) < 4.78 is 0. The van der Waals surface area contributed by atoms with Crippen molar-refractivity contribution >= 4 is 34.8 Å². The minimum Gasteiger partial charge on any atom is -0.369 e. The van der Waals surface area contributed by atoms with Gasteiger partial charge in [0.05, 0.1) is 12.6 Å². The summed E-state index contributed by atoms with van der Waals surface area (Å²) in [6.07, 6.45) is 0. The topological polar surface area (TPSA) is 35.6 Å². The van der Waals surface area contributed by atoms with Gasteiger partial charge in [-0.25, -0.2) is 0 Å². The monoisotopic (exact) mass is 391 g/mol. The van der Waals surface area contributed by atoms with E-state index < -0.39 is 0 Å². The third kappa shape index (κ3) is 5.13. The van der Waals surface area contributed by atoms with Gasteiger partial charge in [0.15, 0.2) is 0 Å². The molecule has 0 aliphatic carbocycles. The molecule has 6 heteroatoms. The molecule has 26 heavy (non-hydrogen) atoms. The Bertz CT molecular complexity index is 743. The van der Waals surface area contributed by atoms with Crippen LogP contribution in [0.2, 0.25) is 10.0 Å². The summed E-state index contributed by atoms with van der Waals surface area (Å²) in [5.74, 6) is 0.0451. The number of anilines is 1. The van der Waals surface area contributed by atoms with E-state index in [1.165, 1.54) is 0 Å². The minimum absolute atomic E-state index is 0.0347. The maximum Gasteiger partial charge on any atom is 0.234 e. The zero-order chi connectivity index (χ0) is 18.5. The van der Waals surface area contributed by atoms with Gasteiger partial charge in [0.25, 0.3) is 0 Å². The van der Waals surface area contributed by atoms with Gasteiger partial charge in [-0.15, -0.1) is 0 Å². The van der Waals surface area contributed by atoms with Crippen molar-refractivity contribution < 1.29 is 4.79 Å². The molecule has 1 unspecified atom stereocenters. The number of nitrogens with one attached hydrogen (secondary N) is 1. The zero-order valence-corrected chi connectivity index (χ0v) is 16.3. The predicted molar refractivity (Wildman–Crippen MR) is 108 cm³/mol. The summed E-state index contributed by atoms with van der Waals surface area (Å²) in [5.41, 5.74) is 2.19. The molecule has 4 nitrogen and oxygen atoms in total. The van der Waals surface area contributed by atoms with E-state index in [4.69, 9.17) is 23.2 Å². The van der Waals surface area contributed by atoms with Gasteiger partial charge in [0, 0.05) is 41.9 Å². The fraction of sp³-hybridized carbons (Fsp3) is 0.350. The van der Waals surface area contributed by atoms with Crippen LogP contribution < -0.4 is 10.2 Å². The largest absolute Gasteiger partial charge is 0.369 e. The molecule has 1 fully saturated rings. The van der Waals surface area contributed by atoms with Gasteiger partial charge in [-0.1, -0.05) is 41.4 Å². The summed E-state index contributed by atoms with van der Waals surface area (Å²) in [6, 6.07) is 15.4. The number of amides is 1. The molecule has 0 radical (unpaired) electrons. The first-order chi connectivity index (χ1) is 12.5. The van der Waals surface area contributed by atoms with E-state index >= 15 is 0 Å². The molecule has 1 N–H and O–H groups in total. The van der Waals surface area contributed by atoms with Gasteiger partial charge in [-0.3, -0.25) is 9.69 Å². The summed E-state index contributed by atoms with van der Waals surface area (Å²) >= 11 is 12.0. The summed E-state index contributed by atoms with van der Waals surface area (Å²) in [6.45, 7) is 5.89. The van der Waals surface area contributed by atoms with Crippen molar-refractivity contribution in [2.75, 3.05) is 37.6 Å². The second kappa shape index (κ2) is 8.76. The van der Waals surface area contributed by atoms with Gasteiger partial charge in [0.1, 0.15) is 0 Å². The molecule has 138 valence electrons. The van der Waals surface area contributed by atoms with E-state index in [2.05, 4.69) is 21.2 Å². The Kier molecular flexibility index (Phi) is 6.41. The van der Waals surface area contributed by atoms with Crippen LogP contribution in [0.25, 0.3) is 0 Å². The second-order valence-corrected chi connectivity index (χ2v) is 7.46. The molecule has 0 bridgehead atoms. The summed E-state index contributed by atoms with van der Waals surface area (Å²) in [7, 11) is 0. The standard InChI is InChI=1S/C20H23Cl2N3O/c1-15(16-5-7-17(21)8-6-16)23-20(26)14-24-9-11-25(12-10-24)19-4-2-3-18(22)13-19/h2-8,13,15H,9-12,14H2,1H3,(H,23,26). The summed E-state index contributed by atoms with van der Waals surface area (Å²) in [5, 5.41) is 4.51. The normalized spacial score (nSPS) is 16.3. The van der Waals surface area contributed by atoms with Crippen LogP contribution in [-0.2, 0) is 4.79 Å². The quantitative estimate of drug-likeness (QED) is 0.836. The Hall–Kier alpha value is -1.75. The average Bonchev–Trinajstić information content (AvgIpc) is 2.62. The fourth-order valence-electron chi connectivity index (χ4n) is 3.16. The number of benzene rings is 2. The van der Waals surface area contributed by atoms with E-state index in [1.807, 2.05) is 49.4 Å². The highest BCUT2D eigenvalue weighted by Crippen LogP contribution is 2.21. The van der Waals surface area contributed by atoms with Crippen LogP contribution in [0.3, 0.4) is 0 Å². The molecule has 1 aliphatic rings. The number of carbonyl (C=O) groups is 1. The number of rotatable bonds is 5. The van der Waals surface area contributed by atoms with Crippen LogP contribution in [-0.4, -0.2) is 43.5 Å². The number of carbonyl (C=O) groups excluding carboxylic acids is 1. The average molecular weight is 392 g/mol. The lowest BCUT2D eigenvalue weighted by atomic mass is 10.1. The fourth-order valence-corrected chi connectivity index (χ4v) is 3.47. The first-order valence-corrected chi connectivity index (χ1v) is 9.54. The number of halogens is 2. The zero-order valence-electron chi connectivity index (χ0n) is 14.8. The van der Waals surface area contributed by atoms with Crippen LogP contribution in [0, 0.1) is 0 Å². The lowest BCUT2D eigenvalue weighted by Gasteiger charge is -2.36. The molecule has 2 aromatic rings. The van der Waals surface area contributed by atoms with Crippen molar-refractivity contribution in [2.45, 2.75) is 13.0 Å². The molecule has 1 heterocycles. The predicted octanol–water partition coefficient (Wildman–Crippen LogP) is 3.99. The Morgan fingerprint density at radius 1 is 1.04 bits per heavy atom. The Morgan fingerprint density at radius 3 is 2.38 bits per heavy atom. The third-order valence-corrected chi connectivity index (χ3v) is 5.15. The highest BCUT2D eigenvalue weighted by atomic mass is 35.5. The Balaban J connectivity index is 1.46. The van der Waals surface area contributed by atoms with Crippen molar-refractivity contribution in [1.29, 1.82) is 0 Å². The van der Waals surface area contributed by atoms with Crippen molar-refractivity contribution in [3.63, 3.8) is 0 Å². The Labute approximate surface area is 164 Å². The molecule has 0 saturated carbocycles. The maximum atomic E-state index is 12.3. The molecule has 1 atom stereocenters. The van der Waals surface area contributed by atoms with Gasteiger partial charge < -0.3 is 10.2 Å². The molecular formula is C20H23Cl2N3O. The third-order valence-electron chi connectivity index (χ3n) is 4.66. The second-order valence-electron chi connectivity index (χ2n) is 6.58. The van der Waals surface area contributed by atoms with Gasteiger partial charge in [-0.2, -0.15) is 0 Å². The van der Waals surface area contributed by atoms with Gasteiger partial charge >= 0.3 is 0 Å². The van der Waals surface area contributed by atoms with Crippen molar-refractivity contribution in [3.8, 4) is 0 Å². The van der Waals surface area contributed by atoms with Crippen LogP contribution in [0.15, 0.2) is 48.5 Å². The molecule has 3 rings (SSSR count). The highest BCUT2D eigenvalue weighted by Gasteiger charge is 2.20. The smallest absolute Gasteiger partial charge is 0.234 e. The van der Waals surface area contributed by atoms with Crippen molar-refractivity contribution in [3.05, 3.63) is 64.1 Å². The molecule has 0 aromatic heterocycles. The van der Waals surface area contributed by atoms with E-state index in [9.17, 15) is 4.79 Å². The van der Waals surface area contributed by atoms with Crippen LogP contribution in [0.4, 0.5) is 5.69 Å². The highest BCUT2D eigenvalue weighted by molar-refractivity contribution is 6.31. The van der Waals surface area contributed by atoms with Crippen LogP contribution in [0.1, 0.15) is 18.5 Å². The van der Waals surface area contributed by atoms with Gasteiger partial charge in [-0.05, 0) is 42.8 Å². The van der Waals surface area contributed by atoms with Crippen molar-refractivity contribution in [1.82, 2.24) is 10.2 Å². The van der Waals surface area contributed by atoms with E-state index in [1.54, 1.807) is 0 Å². The lowest BCUT2D eigenvalue weighted by molar-refractivity contribution is -0.123. The maximum absolute atomic E-state index is 12.3. The Morgan fingerprint density at radius 2 is 1.73 bits per heavy atom. The molecule has 1 aliphatic heterocycles. The van der Waals surface area contributed by atoms with Crippen LogP contribution >= 0.6 is 23.2 Å². The minimum atomic E-state index is -0.0347. The number of hydrogen-bond donors (Lipinski definition) is 1. The molecule has 0 spiro atoms. The van der Waals surface area contributed by atoms with Crippen LogP contribution in [0.5, 0.6) is 0 Å². The molecule has 2 aromatic carbocycles.